The molecule has 1 aliphatic heterocycles. The van der Waals surface area contributed by atoms with Crippen molar-refractivity contribution in [1.82, 2.24) is 15.5 Å². The summed E-state index contributed by atoms with van der Waals surface area (Å²) in [4.78, 5) is 14.4. The molecule has 1 aromatic carbocycles. The van der Waals surface area contributed by atoms with Gasteiger partial charge in [0, 0.05) is 18.1 Å². The lowest BCUT2D eigenvalue weighted by atomic mass is 10.0. The van der Waals surface area contributed by atoms with Crippen LogP contribution >= 0.6 is 24.0 Å². The molecule has 1 fully saturated rings. The minimum absolute atomic E-state index is 0. The molecule has 6 heteroatoms. The molecule has 0 radical (unpaired) electrons. The minimum Gasteiger partial charge on any atom is -0.348 e. The number of nitrogens with one attached hydrogen (secondary N) is 2. The largest absolute Gasteiger partial charge is 0.348 e. The fourth-order valence-corrected chi connectivity index (χ4v) is 2.74. The molecular weight excluding hydrogens is 321 g/mol. The van der Waals surface area contributed by atoms with Gasteiger partial charge < -0.3 is 10.6 Å². The molecule has 1 heterocycles. The van der Waals surface area contributed by atoms with Crippen molar-refractivity contribution in [1.29, 1.82) is 0 Å². The Kier molecular flexibility index (Phi) is 8.79. The molecule has 1 aromatic rings. The van der Waals surface area contributed by atoms with Crippen LogP contribution in [0.4, 0.5) is 0 Å². The van der Waals surface area contributed by atoms with Gasteiger partial charge in [-0.25, -0.2) is 0 Å². The maximum Gasteiger partial charge on any atom is 0.234 e. The van der Waals surface area contributed by atoms with Gasteiger partial charge in [0.25, 0.3) is 0 Å². The van der Waals surface area contributed by atoms with Gasteiger partial charge in [-0.3, -0.25) is 9.69 Å². The first-order valence-electron chi connectivity index (χ1n) is 7.67. The summed E-state index contributed by atoms with van der Waals surface area (Å²) in [5, 5.41) is 7.19. The summed E-state index contributed by atoms with van der Waals surface area (Å²) >= 11 is 5.91. The number of hydrogen-bond donors (Lipinski definition) is 2. The van der Waals surface area contributed by atoms with Crippen molar-refractivity contribution >= 4 is 29.9 Å². The third-order valence-electron chi connectivity index (χ3n) is 3.82. The van der Waals surface area contributed by atoms with Gasteiger partial charge in [-0.15, -0.1) is 12.4 Å². The Balaban J connectivity index is 0.00000242. The van der Waals surface area contributed by atoms with Gasteiger partial charge in [0.15, 0.2) is 0 Å². The highest BCUT2D eigenvalue weighted by molar-refractivity contribution is 6.30. The topological polar surface area (TPSA) is 44.4 Å². The quantitative estimate of drug-likeness (QED) is 0.862. The molecule has 1 saturated heterocycles. The van der Waals surface area contributed by atoms with Crippen molar-refractivity contribution in [3.05, 3.63) is 34.9 Å². The van der Waals surface area contributed by atoms with Crippen molar-refractivity contribution in [2.24, 2.45) is 0 Å². The Labute approximate surface area is 144 Å². The summed E-state index contributed by atoms with van der Waals surface area (Å²) in [6.45, 7) is 6.48. The second-order valence-corrected chi connectivity index (χ2v) is 5.90. The molecule has 22 heavy (non-hydrogen) atoms. The maximum atomic E-state index is 12.2. The molecule has 0 bridgehead atoms. The predicted octanol–water partition coefficient (Wildman–Crippen LogP) is 2.62. The average Bonchev–Trinajstić information content (AvgIpc) is 2.74. The van der Waals surface area contributed by atoms with Gasteiger partial charge in [-0.05, 0) is 43.6 Å². The number of carbonyl (C=O) groups excluding carboxylic acids is 1. The van der Waals surface area contributed by atoms with Crippen LogP contribution in [0, 0.1) is 0 Å². The zero-order chi connectivity index (χ0) is 15.1. The second kappa shape index (κ2) is 10.1. The van der Waals surface area contributed by atoms with E-state index >= 15 is 0 Å². The second-order valence-electron chi connectivity index (χ2n) is 5.46. The Morgan fingerprint density at radius 3 is 2.73 bits per heavy atom. The van der Waals surface area contributed by atoms with Gasteiger partial charge in [-0.1, -0.05) is 30.7 Å². The molecule has 1 aliphatic rings. The molecule has 0 spiro atoms. The lowest BCUT2D eigenvalue weighted by Gasteiger charge is -2.22. The van der Waals surface area contributed by atoms with Crippen LogP contribution in [0.1, 0.15) is 31.4 Å². The van der Waals surface area contributed by atoms with Crippen LogP contribution in [0.15, 0.2) is 24.3 Å². The molecule has 0 aliphatic carbocycles. The fraction of sp³-hybridized carbons (Fsp3) is 0.562. The highest BCUT2D eigenvalue weighted by Gasteiger charge is 2.16. The molecule has 2 N–H and O–H groups in total. The first kappa shape index (κ1) is 19.2. The van der Waals surface area contributed by atoms with E-state index in [1.54, 1.807) is 0 Å². The van der Waals surface area contributed by atoms with Crippen molar-refractivity contribution in [3.8, 4) is 0 Å². The normalized spacial score (nSPS) is 17.2. The van der Waals surface area contributed by atoms with Gasteiger partial charge in [0.2, 0.25) is 5.91 Å². The van der Waals surface area contributed by atoms with Crippen molar-refractivity contribution in [2.45, 2.75) is 25.8 Å². The fourth-order valence-electron chi connectivity index (χ4n) is 2.62. The number of nitrogens with zero attached hydrogens (tertiary/aromatic N) is 1. The summed E-state index contributed by atoms with van der Waals surface area (Å²) < 4.78 is 0. The standard InChI is InChI=1S/C16H24ClN3O.ClH/c1-2-15(13-4-6-14(17)7-5-13)19-16(21)12-20-10-3-8-18-9-11-20;/h4-7,15,18H,2-3,8-12H2,1H3,(H,19,21);1H. The van der Waals surface area contributed by atoms with Crippen molar-refractivity contribution in [2.75, 3.05) is 32.7 Å². The van der Waals surface area contributed by atoms with Gasteiger partial charge in [-0.2, -0.15) is 0 Å². The molecule has 1 atom stereocenters. The molecule has 0 aromatic heterocycles. The number of carbonyl (C=O) groups is 1. The van der Waals surface area contributed by atoms with Crippen LogP contribution in [0.5, 0.6) is 0 Å². The highest BCUT2D eigenvalue weighted by atomic mass is 35.5. The van der Waals surface area contributed by atoms with Crippen LogP contribution in [0.2, 0.25) is 5.02 Å². The number of hydrogen-bond acceptors (Lipinski definition) is 3. The predicted molar refractivity (Wildman–Crippen MR) is 93.8 cm³/mol. The van der Waals surface area contributed by atoms with Crippen molar-refractivity contribution in [3.63, 3.8) is 0 Å². The lowest BCUT2D eigenvalue weighted by Crippen LogP contribution is -2.40. The molecule has 124 valence electrons. The van der Waals surface area contributed by atoms with E-state index in [9.17, 15) is 4.79 Å². The number of halogens is 2. The molecule has 1 amide bonds. The first-order valence-corrected chi connectivity index (χ1v) is 8.04. The average molecular weight is 346 g/mol. The SMILES string of the molecule is CCC(NC(=O)CN1CCCNCC1)c1ccc(Cl)cc1.Cl. The van der Waals surface area contributed by atoms with E-state index in [1.165, 1.54) is 0 Å². The van der Waals surface area contributed by atoms with Crippen LogP contribution in [-0.2, 0) is 4.79 Å². The number of rotatable bonds is 5. The van der Waals surface area contributed by atoms with Crippen LogP contribution in [0.3, 0.4) is 0 Å². The zero-order valence-corrected chi connectivity index (χ0v) is 14.6. The summed E-state index contributed by atoms with van der Waals surface area (Å²) in [7, 11) is 0. The molecule has 2 rings (SSSR count). The van der Waals surface area contributed by atoms with Gasteiger partial charge in [0.05, 0.1) is 12.6 Å². The van der Waals surface area contributed by atoms with Crippen molar-refractivity contribution < 1.29 is 4.79 Å². The van der Waals surface area contributed by atoms with E-state index in [2.05, 4.69) is 22.5 Å². The van der Waals surface area contributed by atoms with Crippen LogP contribution in [0.25, 0.3) is 0 Å². The summed E-state index contributed by atoms with van der Waals surface area (Å²) in [6, 6.07) is 7.75. The molecular formula is C16H25Cl2N3O. The molecule has 1 unspecified atom stereocenters. The first-order chi connectivity index (χ1) is 10.2. The Hall–Kier alpha value is -0.810. The molecule has 4 nitrogen and oxygen atoms in total. The van der Waals surface area contributed by atoms with Crippen LogP contribution < -0.4 is 10.6 Å². The minimum atomic E-state index is 0. The third-order valence-corrected chi connectivity index (χ3v) is 4.07. The van der Waals surface area contributed by atoms with E-state index in [4.69, 9.17) is 11.6 Å². The smallest absolute Gasteiger partial charge is 0.234 e. The molecule has 0 saturated carbocycles. The van der Waals surface area contributed by atoms with E-state index in [0.717, 1.165) is 49.6 Å². The number of benzene rings is 1. The van der Waals surface area contributed by atoms with Gasteiger partial charge in [0.1, 0.15) is 0 Å². The number of amides is 1. The van der Waals surface area contributed by atoms with E-state index in [1.807, 2.05) is 24.3 Å². The highest BCUT2D eigenvalue weighted by Crippen LogP contribution is 2.19. The van der Waals surface area contributed by atoms with E-state index < -0.39 is 0 Å². The Bertz CT molecular complexity index is 445. The lowest BCUT2D eigenvalue weighted by molar-refractivity contribution is -0.123. The third kappa shape index (κ3) is 6.13. The Morgan fingerprint density at radius 2 is 2.05 bits per heavy atom. The van der Waals surface area contributed by atoms with Crippen LogP contribution in [-0.4, -0.2) is 43.5 Å². The van der Waals surface area contributed by atoms with E-state index in [0.29, 0.717) is 6.54 Å². The maximum absolute atomic E-state index is 12.2. The summed E-state index contributed by atoms with van der Waals surface area (Å²) in [5.74, 6) is 0.0960. The summed E-state index contributed by atoms with van der Waals surface area (Å²) in [5.41, 5.74) is 1.10. The monoisotopic (exact) mass is 345 g/mol. The van der Waals surface area contributed by atoms with E-state index in [-0.39, 0.29) is 24.4 Å². The van der Waals surface area contributed by atoms with Gasteiger partial charge >= 0.3 is 0 Å². The Morgan fingerprint density at radius 1 is 1.32 bits per heavy atom. The zero-order valence-electron chi connectivity index (χ0n) is 13.0. The summed E-state index contributed by atoms with van der Waals surface area (Å²) in [6.07, 6.45) is 1.97.